The van der Waals surface area contributed by atoms with E-state index in [2.05, 4.69) is 52.2 Å². The molecule has 10 rings (SSSR count). The maximum Gasteiger partial charge on any atom is 0.243 e. The molecule has 0 unspecified atom stereocenters. The van der Waals surface area contributed by atoms with Gasteiger partial charge in [0.25, 0.3) is 0 Å². The number of benzene rings is 4. The average Bonchev–Trinajstić information content (AvgIpc) is 1.55. The molecule has 0 spiro atoms. The second kappa shape index (κ2) is 45.2. The van der Waals surface area contributed by atoms with E-state index in [1.165, 1.54) is 33.3 Å². The molecular weight excluding hydrogens is 1640 g/mol. The van der Waals surface area contributed by atoms with Crippen LogP contribution in [0, 0.1) is 60.6 Å². The predicted octanol–water partition coefficient (Wildman–Crippen LogP) is 13.5. The van der Waals surface area contributed by atoms with Crippen LogP contribution in [0.4, 0.5) is 24.5 Å². The van der Waals surface area contributed by atoms with Crippen molar-refractivity contribution in [3.63, 3.8) is 0 Å². The molecule has 2 fully saturated rings. The van der Waals surface area contributed by atoms with Crippen LogP contribution in [0.1, 0.15) is 204 Å². The number of hydrogen-bond donors (Lipinski definition) is 9. The molecule has 116 heavy (non-hydrogen) atoms. The van der Waals surface area contributed by atoms with Gasteiger partial charge in [-0.1, -0.05) is 125 Å². The fourth-order valence-electron chi connectivity index (χ4n) is 14.4. The molecule has 2 saturated heterocycles. The van der Waals surface area contributed by atoms with Gasteiger partial charge in [-0.2, -0.15) is 0 Å². The van der Waals surface area contributed by atoms with Gasteiger partial charge >= 0.3 is 0 Å². The summed E-state index contributed by atoms with van der Waals surface area (Å²) in [5, 5.41) is 47.2. The van der Waals surface area contributed by atoms with Crippen molar-refractivity contribution in [2.45, 2.75) is 200 Å². The molecule has 6 amide bonds. The number of aliphatic hydroxyl groups is 2. The highest BCUT2D eigenvalue weighted by atomic mass is 127. The number of ketones is 1. The standard InChI is InChI=1S/C51H61F3IN7O7S.C34H48N6O5S/c1-30(2)46(44-23-31(3)61-69-44)51(67)62-27-36(63)25-42(62)50(66)60-41(33-11-13-34(14-12-33)49-32(4)58-29-70-49)26-45(65)57-21-9-7-5-6-8-19-56-20-10-22-68-28-43(64)37-16-17-38(52)47(54)48(37)59-40-18-15-35(55)24-39(40)53;1-21(2)31(29-16-22(3)39-45-29)34(44)40-19-26(41)17-28(40)33(43)38-27(18-30(42)36-15-9-7-5-6-8-14-35)24-10-12-25(13-11-24)32-23(4)37-20-46-32/h11-18,23-24,29-30,36,41-42,46,56,59,63H,5-10,19-22,25-28H2,1-4H3,(H,57,65)(H,60,66);10-13,16,20-21,26-28,31,41H,5-9,14-15,17-19,35H2,1-4H3,(H,36,42)(H,38,43)/t36-,41+,42+,46-;26-,27+,28+,31-/m11/s1. The highest BCUT2D eigenvalue weighted by Crippen LogP contribution is 2.37. The Bertz CT molecular complexity index is 4540. The zero-order valence-electron chi connectivity index (χ0n) is 67.1. The van der Waals surface area contributed by atoms with E-state index in [-0.39, 0.29) is 98.7 Å². The number of thiazole rings is 2. The number of unbranched alkanes of at least 4 members (excludes halogenated alkanes) is 8. The Morgan fingerprint density at radius 1 is 0.586 bits per heavy atom. The number of aliphatic hydroxyl groups excluding tert-OH is 2. The molecule has 0 saturated carbocycles. The van der Waals surface area contributed by atoms with Gasteiger partial charge in [0.1, 0.15) is 47.9 Å². The Morgan fingerprint density at radius 3 is 1.47 bits per heavy atom. The van der Waals surface area contributed by atoms with Crippen molar-refractivity contribution >= 4 is 97.9 Å². The number of carbonyl (C=O) groups is 7. The molecule has 4 aromatic heterocycles. The monoisotopic (exact) mass is 1750 g/mol. The molecule has 626 valence electrons. The Labute approximate surface area is 697 Å². The van der Waals surface area contributed by atoms with Crippen molar-refractivity contribution in [1.82, 2.24) is 56.7 Å². The number of aromatic nitrogens is 4. The first-order valence-electron chi connectivity index (χ1n) is 39.9. The summed E-state index contributed by atoms with van der Waals surface area (Å²) in [5.41, 5.74) is 15.1. The van der Waals surface area contributed by atoms with Crippen molar-refractivity contribution in [1.29, 1.82) is 0 Å². The third-order valence-electron chi connectivity index (χ3n) is 20.6. The van der Waals surface area contributed by atoms with E-state index in [0.717, 1.165) is 126 Å². The van der Waals surface area contributed by atoms with E-state index in [1.54, 1.807) is 54.4 Å². The van der Waals surface area contributed by atoms with Gasteiger partial charge < -0.3 is 71.4 Å². The molecular formula is C85H109F3IN13O12S2. The number of Topliss-reactive ketones (excluding diaryl/α,β-unsaturated/α-hetero) is 1. The van der Waals surface area contributed by atoms with Crippen LogP contribution in [0.2, 0.25) is 0 Å². The van der Waals surface area contributed by atoms with Crippen molar-refractivity contribution in [3.05, 3.63) is 174 Å². The van der Waals surface area contributed by atoms with E-state index in [0.29, 0.717) is 59.1 Å². The van der Waals surface area contributed by atoms with Crippen LogP contribution in [0.3, 0.4) is 0 Å². The lowest BCUT2D eigenvalue weighted by atomic mass is 9.91. The first-order chi connectivity index (χ1) is 55.7. The minimum Gasteiger partial charge on any atom is -0.391 e. The Hall–Kier alpha value is -8.83. The number of anilines is 2. The third kappa shape index (κ3) is 26.1. The Morgan fingerprint density at radius 2 is 1.04 bits per heavy atom. The number of carbonyl (C=O) groups excluding carboxylic acids is 7. The average molecular weight is 1750 g/mol. The van der Waals surface area contributed by atoms with Gasteiger partial charge in [-0.05, 0) is 166 Å². The Balaban J connectivity index is 0.000000289. The van der Waals surface area contributed by atoms with Crippen molar-refractivity contribution < 1.29 is 70.7 Å². The van der Waals surface area contributed by atoms with Crippen molar-refractivity contribution in [2.24, 2.45) is 17.6 Å². The van der Waals surface area contributed by atoms with Crippen LogP contribution in [-0.2, 0) is 33.5 Å². The lowest BCUT2D eigenvalue weighted by Crippen LogP contribution is -2.49. The summed E-state index contributed by atoms with van der Waals surface area (Å²) >= 11 is 5.01. The number of nitrogens with zero attached hydrogens (tertiary/aromatic N) is 6. The molecule has 0 bridgehead atoms. The molecule has 8 atom stereocenters. The summed E-state index contributed by atoms with van der Waals surface area (Å²) in [7, 11) is 0. The van der Waals surface area contributed by atoms with Gasteiger partial charge in [-0.3, -0.25) is 33.6 Å². The largest absolute Gasteiger partial charge is 0.391 e. The van der Waals surface area contributed by atoms with E-state index in [4.69, 9.17) is 19.5 Å². The summed E-state index contributed by atoms with van der Waals surface area (Å²) in [6, 6.07) is 21.9. The number of nitrogens with one attached hydrogen (secondary N) is 6. The van der Waals surface area contributed by atoms with E-state index < -0.39 is 88.9 Å². The normalized spacial score (nSPS) is 16.4. The first-order valence-corrected chi connectivity index (χ1v) is 42.7. The highest BCUT2D eigenvalue weighted by molar-refractivity contribution is 14.1. The molecule has 10 N–H and O–H groups in total. The van der Waals surface area contributed by atoms with Crippen LogP contribution in [0.25, 0.3) is 20.9 Å². The molecule has 2 aliphatic heterocycles. The van der Waals surface area contributed by atoms with E-state index >= 15 is 0 Å². The number of likely N-dealkylation sites (tertiary alicyclic amines) is 2. The van der Waals surface area contributed by atoms with Gasteiger partial charge in [0.2, 0.25) is 35.4 Å². The summed E-state index contributed by atoms with van der Waals surface area (Å²) < 4.78 is 60.3. The van der Waals surface area contributed by atoms with Crippen LogP contribution in [0.15, 0.2) is 111 Å². The minimum atomic E-state index is -1.28. The van der Waals surface area contributed by atoms with Gasteiger partial charge in [-0.25, -0.2) is 23.1 Å². The number of rotatable bonds is 42. The van der Waals surface area contributed by atoms with Crippen LogP contribution in [0.5, 0.6) is 0 Å². The molecule has 4 aromatic carbocycles. The van der Waals surface area contributed by atoms with E-state index in [1.807, 2.05) is 113 Å². The topological polar surface area (TPSA) is 352 Å². The number of β-amino-alcohol motifs (C(OH)–C–C–N with tert-alkyl or cyclic N) is 2. The fourth-order valence-corrected chi connectivity index (χ4v) is 16.5. The number of halogens is 4. The SMILES string of the molecule is Cc1cc([C@H](C(=O)N2C[C@H](O)C[C@H]2C(=O)N[C@@H](CC(=O)NCCCCCCCN)c2ccc(-c3scnc3C)cc2)C(C)C)on1.Cc1cc([C@H](C(=O)N2C[C@H](O)C[C@H]2C(=O)N[C@@H](CC(=O)NCCCCCCCNCCCOCC(=O)c2ccc(F)c(F)c2Nc2ccc(I)cc2F)c2ccc(-c3scnc3C)cc2)C(C)C)on1. The lowest BCUT2D eigenvalue weighted by molar-refractivity contribution is -0.141. The van der Waals surface area contributed by atoms with Gasteiger partial charge in [-0.15, -0.1) is 22.7 Å². The van der Waals surface area contributed by atoms with Crippen LogP contribution in [-0.4, -0.2) is 165 Å². The van der Waals surface area contributed by atoms with Gasteiger partial charge in [0.05, 0.1) is 92.1 Å². The quantitative estimate of drug-likeness (QED) is 0.00975. The maximum absolute atomic E-state index is 14.7. The fraction of sp³-hybridized carbons (Fsp3) is 0.494. The molecule has 0 aliphatic carbocycles. The third-order valence-corrected chi connectivity index (χ3v) is 23.2. The maximum atomic E-state index is 14.7. The van der Waals surface area contributed by atoms with Crippen LogP contribution < -0.4 is 37.6 Å². The number of nitrogens with two attached hydrogens (primary N) is 1. The second-order valence-electron chi connectivity index (χ2n) is 30.4. The summed E-state index contributed by atoms with van der Waals surface area (Å²) in [6.07, 6.45) is 8.68. The highest BCUT2D eigenvalue weighted by Gasteiger charge is 2.46. The number of ether oxygens (including phenoxy) is 1. The number of hydrogen-bond acceptors (Lipinski definition) is 21. The van der Waals surface area contributed by atoms with Gasteiger partial charge in [0, 0.05) is 66.9 Å². The zero-order valence-corrected chi connectivity index (χ0v) is 70.9. The Kier molecular flexibility index (Phi) is 35.5. The molecule has 2 aliphatic rings. The molecule has 31 heteroatoms. The molecule has 6 heterocycles. The first kappa shape index (κ1) is 91.1. The number of aryl methyl sites for hydroxylation is 4. The van der Waals surface area contributed by atoms with Crippen molar-refractivity contribution in [2.75, 3.05) is 64.3 Å². The molecule has 0 radical (unpaired) electrons. The molecule has 25 nitrogen and oxygen atoms in total. The summed E-state index contributed by atoms with van der Waals surface area (Å²) in [5.74, 6) is -6.41. The van der Waals surface area contributed by atoms with E-state index in [9.17, 15) is 56.9 Å². The molecule has 8 aromatic rings. The number of amides is 6. The van der Waals surface area contributed by atoms with Crippen LogP contribution >= 0.6 is 45.3 Å². The zero-order chi connectivity index (χ0) is 83.5. The second-order valence-corrected chi connectivity index (χ2v) is 33.4. The predicted molar refractivity (Wildman–Crippen MR) is 448 cm³/mol. The smallest absolute Gasteiger partial charge is 0.243 e. The minimum absolute atomic E-state index is 0.00698. The lowest BCUT2D eigenvalue weighted by Gasteiger charge is -2.30. The van der Waals surface area contributed by atoms with Gasteiger partial charge in [0.15, 0.2) is 17.4 Å². The van der Waals surface area contributed by atoms with Crippen molar-refractivity contribution in [3.8, 4) is 20.9 Å². The summed E-state index contributed by atoms with van der Waals surface area (Å²) in [6.45, 7) is 18.2. The summed E-state index contributed by atoms with van der Waals surface area (Å²) in [4.78, 5) is 109.